The van der Waals surface area contributed by atoms with Crippen molar-refractivity contribution in [3.63, 3.8) is 0 Å². The smallest absolute Gasteiger partial charge is 1.00 e. The molecule has 4 aromatic carbocycles. The van der Waals surface area contributed by atoms with Crippen molar-refractivity contribution in [1.82, 2.24) is 0 Å². The third-order valence-corrected chi connectivity index (χ3v) is 10.5. The fourth-order valence-electron chi connectivity index (χ4n) is 3.79. The summed E-state index contributed by atoms with van der Waals surface area (Å²) in [6, 6.07) is 44.3. The quantitative estimate of drug-likeness (QED) is 0.145. The molecule has 172 valence electrons. The zero-order valence-corrected chi connectivity index (χ0v) is 23.4. The van der Waals surface area contributed by atoms with Crippen LogP contribution in [0.2, 0.25) is 0 Å². The first kappa shape index (κ1) is 30.0. The summed E-state index contributed by atoms with van der Waals surface area (Å²) in [5, 5.41) is 5.97. The first-order valence-electron chi connectivity index (χ1n) is 10.7. The Balaban J connectivity index is 0.00000181. The van der Waals surface area contributed by atoms with Crippen LogP contribution < -0.4 is 46.0 Å². The van der Waals surface area contributed by atoms with Gasteiger partial charge in [-0.2, -0.15) is 0 Å². The van der Waals surface area contributed by atoms with Crippen molar-refractivity contribution >= 4 is 37.1 Å². The van der Waals surface area contributed by atoms with Crippen LogP contribution in [-0.4, -0.2) is 12.3 Å². The second-order valence-electron chi connectivity index (χ2n) is 7.35. The average molecular weight is 598 g/mol. The first-order valence-corrected chi connectivity index (χ1v) is 13.7. The molecule has 0 N–H and O–H groups in total. The van der Waals surface area contributed by atoms with Gasteiger partial charge in [-0.1, -0.05) is 121 Å². The third-order valence-electron chi connectivity index (χ3n) is 5.28. The van der Waals surface area contributed by atoms with Crippen LogP contribution in [0.3, 0.4) is 0 Å². The second-order valence-corrected chi connectivity index (χ2v) is 12.0. The van der Waals surface area contributed by atoms with E-state index in [0.717, 1.165) is 0 Å². The number of halogens is 2. The van der Waals surface area contributed by atoms with Crippen LogP contribution in [-0.2, 0) is 19.5 Å². The normalized spacial score (nSPS) is 10.1. The number of rotatable bonds is 9. The van der Waals surface area contributed by atoms with E-state index in [1.807, 2.05) is 0 Å². The molecule has 0 saturated carbocycles. The van der Waals surface area contributed by atoms with Gasteiger partial charge in [0.15, 0.2) is 0 Å². The molecule has 33 heavy (non-hydrogen) atoms. The Morgan fingerprint density at radius 3 is 0.788 bits per heavy atom. The minimum absolute atomic E-state index is 0. The minimum atomic E-state index is -0.283. The van der Waals surface area contributed by atoms with Crippen molar-refractivity contribution in [3.8, 4) is 0 Å². The molecule has 0 aliphatic rings. The molecule has 0 aromatic heterocycles. The first-order chi connectivity index (χ1) is 14.9. The van der Waals surface area contributed by atoms with E-state index in [1.54, 1.807) is 0 Å². The van der Waals surface area contributed by atoms with Gasteiger partial charge >= 0.3 is 19.5 Å². The molecule has 0 heterocycles. The van der Waals surface area contributed by atoms with Gasteiger partial charge in [-0.15, -0.1) is 0 Å². The van der Waals surface area contributed by atoms with Gasteiger partial charge in [0.1, 0.15) is 0 Å². The molecule has 0 bridgehead atoms. The third kappa shape index (κ3) is 8.91. The van der Waals surface area contributed by atoms with Crippen LogP contribution >= 0.6 is 15.8 Å². The molecule has 0 unspecified atom stereocenters. The van der Waals surface area contributed by atoms with Gasteiger partial charge in [0, 0.05) is 0 Å². The van der Waals surface area contributed by atoms with Crippen molar-refractivity contribution in [2.24, 2.45) is 0 Å². The van der Waals surface area contributed by atoms with Crippen molar-refractivity contribution in [2.75, 3.05) is 12.3 Å². The summed E-state index contributed by atoms with van der Waals surface area (Å²) in [6.07, 6.45) is 5.06. The summed E-state index contributed by atoms with van der Waals surface area (Å²) in [5.41, 5.74) is 0. The van der Waals surface area contributed by atoms with E-state index in [1.165, 1.54) is 46.4 Å². The van der Waals surface area contributed by atoms with E-state index in [9.17, 15) is 0 Å². The van der Waals surface area contributed by atoms with Crippen LogP contribution in [0.5, 0.6) is 0 Å². The van der Waals surface area contributed by atoms with Crippen molar-refractivity contribution < 1.29 is 44.3 Å². The second kappa shape index (κ2) is 16.6. The Morgan fingerprint density at radius 2 is 0.576 bits per heavy atom. The molecule has 0 fully saturated rings. The van der Waals surface area contributed by atoms with Crippen LogP contribution in [0.4, 0.5) is 0 Å². The van der Waals surface area contributed by atoms with Crippen molar-refractivity contribution in [3.05, 3.63) is 121 Å². The maximum absolute atomic E-state index is 2.31. The zero-order chi connectivity index (χ0) is 20.4. The zero-order valence-electron chi connectivity index (χ0n) is 18.4. The fraction of sp³-hybridized carbons (Fsp3) is 0.143. The monoisotopic (exact) mass is 598 g/mol. The topological polar surface area (TPSA) is 0 Å². The minimum Gasteiger partial charge on any atom is -1.00 e. The Bertz CT molecular complexity index is 839. The summed E-state index contributed by atoms with van der Waals surface area (Å²) in [5.74, 6) is 0. The van der Waals surface area contributed by atoms with Crippen molar-refractivity contribution in [1.29, 1.82) is 0 Å². The maximum Gasteiger partial charge on any atom is 2.00 e. The fourth-order valence-corrected chi connectivity index (χ4v) is 8.62. The van der Waals surface area contributed by atoms with E-state index < -0.39 is 0 Å². The molecule has 0 radical (unpaired) electrons. The summed E-state index contributed by atoms with van der Waals surface area (Å²) in [4.78, 5) is 0. The van der Waals surface area contributed by atoms with E-state index in [2.05, 4.69) is 121 Å². The molecular weight excluding hydrogens is 570 g/mol. The number of hydrogen-bond donors (Lipinski definition) is 0. The Morgan fingerprint density at radius 1 is 0.364 bits per heavy atom. The largest absolute Gasteiger partial charge is 2.00 e. The number of unbranched alkanes of at least 4 members (excludes halogenated alkanes) is 1. The molecule has 0 aliphatic heterocycles. The Kier molecular flexibility index (Phi) is 15.0. The molecule has 0 amide bonds. The molecule has 4 rings (SSSR count). The van der Waals surface area contributed by atoms with E-state index in [4.69, 9.17) is 0 Å². The van der Waals surface area contributed by atoms with Gasteiger partial charge in [-0.25, -0.2) is 0 Å². The molecule has 0 aliphatic carbocycles. The maximum atomic E-state index is 2.31. The van der Waals surface area contributed by atoms with Gasteiger partial charge in [0.25, 0.3) is 0 Å². The van der Waals surface area contributed by atoms with E-state index in [0.29, 0.717) is 0 Å². The number of hydrogen-bond acceptors (Lipinski definition) is 0. The molecule has 0 spiro atoms. The Labute approximate surface area is 226 Å². The van der Waals surface area contributed by atoms with Gasteiger partial charge in [0.2, 0.25) is 0 Å². The molecule has 0 saturated heterocycles. The van der Waals surface area contributed by atoms with Crippen LogP contribution in [0.1, 0.15) is 12.8 Å². The van der Waals surface area contributed by atoms with Crippen LogP contribution in [0, 0.1) is 0 Å². The predicted molar refractivity (Wildman–Crippen MR) is 137 cm³/mol. The van der Waals surface area contributed by atoms with Gasteiger partial charge in [-0.05, 0) is 62.2 Å². The SMILES string of the molecule is [Cl-].[Cl-].[Ru+2].c1ccc(P(CCCCP(c2ccccc2)c2ccccc2)c2ccccc2)cc1. The molecule has 4 aromatic rings. The summed E-state index contributed by atoms with van der Waals surface area (Å²) >= 11 is 0. The van der Waals surface area contributed by atoms with Crippen LogP contribution in [0.25, 0.3) is 0 Å². The van der Waals surface area contributed by atoms with Gasteiger partial charge in [-0.3, -0.25) is 0 Å². The average Bonchev–Trinajstić information content (AvgIpc) is 2.84. The molecule has 0 nitrogen and oxygen atoms in total. The van der Waals surface area contributed by atoms with Crippen molar-refractivity contribution in [2.45, 2.75) is 12.8 Å². The van der Waals surface area contributed by atoms with Gasteiger partial charge in [0.05, 0.1) is 0 Å². The molecule has 0 atom stereocenters. The van der Waals surface area contributed by atoms with E-state index in [-0.39, 0.29) is 60.1 Å². The number of benzene rings is 4. The summed E-state index contributed by atoms with van der Waals surface area (Å²) in [6.45, 7) is 0. The Hall–Kier alpha value is -1.06. The van der Waals surface area contributed by atoms with E-state index >= 15 is 0 Å². The van der Waals surface area contributed by atoms with Gasteiger partial charge < -0.3 is 24.8 Å². The summed E-state index contributed by atoms with van der Waals surface area (Å²) in [7, 11) is -0.566. The molecule has 5 heteroatoms. The standard InChI is InChI=1S/C28H28P2.2ClH.Ru/c1-5-15-25(16-6-1)29(26-17-7-2-8-18-26)23-13-14-24-30(27-19-9-3-10-20-27)28-21-11-4-12-22-28;;;/h1-12,15-22H,13-14,23-24H2;2*1H;/q;;;+2/p-2. The predicted octanol–water partition coefficient (Wildman–Crippen LogP) is 0.0379. The molecular formula is C28H28Cl2P2Ru. The van der Waals surface area contributed by atoms with Crippen LogP contribution in [0.15, 0.2) is 121 Å². The summed E-state index contributed by atoms with van der Waals surface area (Å²) < 4.78 is 0.